The zero-order valence-electron chi connectivity index (χ0n) is 10.2. The van der Waals surface area contributed by atoms with Crippen molar-refractivity contribution in [1.29, 1.82) is 0 Å². The fraction of sp³-hybridized carbons (Fsp3) is 0.357. The molecule has 2 unspecified atom stereocenters. The molecule has 0 aliphatic carbocycles. The average molecular weight is 243 g/mol. The summed E-state index contributed by atoms with van der Waals surface area (Å²) < 4.78 is 5.74. The van der Waals surface area contributed by atoms with Crippen LogP contribution in [0, 0.1) is 0 Å². The molecular weight excluding hydrogens is 226 g/mol. The number of rotatable bonds is 3. The smallest absolute Gasteiger partial charge is 0.0784 e. The van der Waals surface area contributed by atoms with Gasteiger partial charge in [-0.25, -0.2) is 0 Å². The summed E-state index contributed by atoms with van der Waals surface area (Å²) in [6.07, 6.45) is 6.04. The Bertz CT molecular complexity index is 532. The Morgan fingerprint density at radius 2 is 2.22 bits per heavy atom. The summed E-state index contributed by atoms with van der Waals surface area (Å²) in [6, 6.07) is 8.23. The van der Waals surface area contributed by atoms with E-state index < -0.39 is 0 Å². The van der Waals surface area contributed by atoms with Crippen molar-refractivity contribution >= 4 is 10.8 Å². The second kappa shape index (κ2) is 5.02. The lowest BCUT2D eigenvalue weighted by Crippen LogP contribution is -2.36. The van der Waals surface area contributed by atoms with Crippen LogP contribution in [0.2, 0.25) is 0 Å². The predicted octanol–water partition coefficient (Wildman–Crippen LogP) is 1.92. The van der Waals surface area contributed by atoms with E-state index in [1.54, 1.807) is 0 Å². The summed E-state index contributed by atoms with van der Waals surface area (Å²) in [5.41, 5.74) is 4.00. The van der Waals surface area contributed by atoms with E-state index in [0.717, 1.165) is 30.4 Å². The third-order valence-corrected chi connectivity index (χ3v) is 3.55. The molecule has 1 aliphatic heterocycles. The fourth-order valence-corrected chi connectivity index (χ4v) is 2.65. The van der Waals surface area contributed by atoms with Gasteiger partial charge in [0.15, 0.2) is 0 Å². The molecule has 4 nitrogen and oxygen atoms in total. The Morgan fingerprint density at radius 3 is 3.00 bits per heavy atom. The van der Waals surface area contributed by atoms with Crippen molar-refractivity contribution in [3.63, 3.8) is 0 Å². The maximum Gasteiger partial charge on any atom is 0.0784 e. The highest BCUT2D eigenvalue weighted by atomic mass is 16.5. The molecule has 0 radical (unpaired) electrons. The van der Waals surface area contributed by atoms with Crippen molar-refractivity contribution in [2.45, 2.75) is 25.0 Å². The van der Waals surface area contributed by atoms with Gasteiger partial charge >= 0.3 is 0 Å². The van der Waals surface area contributed by atoms with E-state index >= 15 is 0 Å². The number of ether oxygens (including phenoxy) is 1. The van der Waals surface area contributed by atoms with Crippen LogP contribution in [0.4, 0.5) is 0 Å². The first-order valence-corrected chi connectivity index (χ1v) is 6.30. The number of hydrazine groups is 1. The highest BCUT2D eigenvalue weighted by Crippen LogP contribution is 2.30. The highest BCUT2D eigenvalue weighted by Gasteiger charge is 2.27. The van der Waals surface area contributed by atoms with Gasteiger partial charge < -0.3 is 4.74 Å². The molecule has 2 atom stereocenters. The van der Waals surface area contributed by atoms with Crippen molar-refractivity contribution in [3.8, 4) is 0 Å². The van der Waals surface area contributed by atoms with Crippen LogP contribution in [0.5, 0.6) is 0 Å². The van der Waals surface area contributed by atoms with Crippen molar-refractivity contribution in [1.82, 2.24) is 10.4 Å². The Morgan fingerprint density at radius 1 is 1.33 bits per heavy atom. The van der Waals surface area contributed by atoms with Gasteiger partial charge in [0.25, 0.3) is 0 Å². The largest absolute Gasteiger partial charge is 0.376 e. The van der Waals surface area contributed by atoms with Gasteiger partial charge in [-0.1, -0.05) is 24.3 Å². The molecular formula is C14H17N3O. The Labute approximate surface area is 106 Å². The molecule has 3 rings (SSSR count). The Hall–Kier alpha value is -1.49. The van der Waals surface area contributed by atoms with Crippen LogP contribution in [0.15, 0.2) is 36.7 Å². The van der Waals surface area contributed by atoms with Crippen LogP contribution in [0.3, 0.4) is 0 Å². The zero-order chi connectivity index (χ0) is 12.4. The topological polar surface area (TPSA) is 60.2 Å². The molecule has 0 saturated carbocycles. The maximum absolute atomic E-state index is 5.74. The van der Waals surface area contributed by atoms with E-state index in [-0.39, 0.29) is 12.1 Å². The molecule has 18 heavy (non-hydrogen) atoms. The van der Waals surface area contributed by atoms with E-state index in [0.29, 0.717) is 0 Å². The minimum Gasteiger partial charge on any atom is -0.376 e. The van der Waals surface area contributed by atoms with Gasteiger partial charge in [0, 0.05) is 24.4 Å². The molecule has 0 bridgehead atoms. The minimum atomic E-state index is 0.00565. The fourth-order valence-electron chi connectivity index (χ4n) is 2.65. The van der Waals surface area contributed by atoms with Gasteiger partial charge in [-0.2, -0.15) is 0 Å². The summed E-state index contributed by atoms with van der Waals surface area (Å²) in [5, 5.41) is 2.32. The van der Waals surface area contributed by atoms with Gasteiger partial charge in [0.05, 0.1) is 12.1 Å². The maximum atomic E-state index is 5.74. The summed E-state index contributed by atoms with van der Waals surface area (Å²) in [6.45, 7) is 0.820. The SMILES string of the molecule is NNC(c1cncc2ccccc12)C1CCCO1. The van der Waals surface area contributed by atoms with E-state index in [4.69, 9.17) is 10.6 Å². The summed E-state index contributed by atoms with van der Waals surface area (Å²) in [5.74, 6) is 5.72. The molecule has 94 valence electrons. The second-order valence-electron chi connectivity index (χ2n) is 4.65. The number of fused-ring (bicyclic) bond motifs is 1. The van der Waals surface area contributed by atoms with Gasteiger partial charge in [-0.15, -0.1) is 0 Å². The van der Waals surface area contributed by atoms with Gasteiger partial charge in [0.1, 0.15) is 0 Å². The molecule has 0 amide bonds. The normalized spacial score (nSPS) is 21.3. The lowest BCUT2D eigenvalue weighted by molar-refractivity contribution is 0.0787. The first-order chi connectivity index (χ1) is 8.90. The second-order valence-corrected chi connectivity index (χ2v) is 4.65. The molecule has 1 aromatic heterocycles. The summed E-state index contributed by atoms with van der Waals surface area (Å²) >= 11 is 0. The number of hydrogen-bond donors (Lipinski definition) is 2. The molecule has 0 spiro atoms. The molecule has 4 heteroatoms. The van der Waals surface area contributed by atoms with Crippen molar-refractivity contribution in [2.24, 2.45) is 5.84 Å². The van der Waals surface area contributed by atoms with E-state index in [2.05, 4.69) is 22.5 Å². The van der Waals surface area contributed by atoms with E-state index in [1.165, 1.54) is 5.39 Å². The number of aromatic nitrogens is 1. The number of benzene rings is 1. The molecule has 2 heterocycles. The summed E-state index contributed by atoms with van der Waals surface area (Å²) in [7, 11) is 0. The molecule has 1 saturated heterocycles. The van der Waals surface area contributed by atoms with Crippen molar-refractivity contribution in [2.75, 3.05) is 6.61 Å². The van der Waals surface area contributed by atoms with E-state index in [9.17, 15) is 0 Å². The molecule has 3 N–H and O–H groups in total. The van der Waals surface area contributed by atoms with Gasteiger partial charge in [-0.3, -0.25) is 16.3 Å². The first-order valence-electron chi connectivity index (χ1n) is 6.30. The number of nitrogens with one attached hydrogen (secondary N) is 1. The van der Waals surface area contributed by atoms with Crippen LogP contribution in [0.25, 0.3) is 10.8 Å². The van der Waals surface area contributed by atoms with Crippen LogP contribution in [0.1, 0.15) is 24.4 Å². The first kappa shape index (κ1) is 11.6. The van der Waals surface area contributed by atoms with Crippen LogP contribution in [-0.4, -0.2) is 17.7 Å². The Balaban J connectivity index is 2.06. The summed E-state index contributed by atoms with van der Waals surface area (Å²) in [4.78, 5) is 4.30. The zero-order valence-corrected chi connectivity index (χ0v) is 10.2. The predicted molar refractivity (Wildman–Crippen MR) is 70.8 cm³/mol. The van der Waals surface area contributed by atoms with E-state index in [1.807, 2.05) is 24.5 Å². The van der Waals surface area contributed by atoms with Crippen molar-refractivity contribution < 1.29 is 4.74 Å². The number of hydrogen-bond acceptors (Lipinski definition) is 4. The van der Waals surface area contributed by atoms with Crippen molar-refractivity contribution in [3.05, 3.63) is 42.2 Å². The quantitative estimate of drug-likeness (QED) is 0.638. The van der Waals surface area contributed by atoms with Crippen LogP contribution in [-0.2, 0) is 4.74 Å². The third kappa shape index (κ3) is 1.99. The lowest BCUT2D eigenvalue weighted by Gasteiger charge is -2.23. The molecule has 1 aromatic carbocycles. The highest BCUT2D eigenvalue weighted by molar-refractivity contribution is 5.85. The lowest BCUT2D eigenvalue weighted by atomic mass is 9.97. The number of pyridine rings is 1. The van der Waals surface area contributed by atoms with Crippen LogP contribution >= 0.6 is 0 Å². The minimum absolute atomic E-state index is 0.00565. The number of nitrogens with two attached hydrogens (primary N) is 1. The van der Waals surface area contributed by atoms with Crippen LogP contribution < -0.4 is 11.3 Å². The van der Waals surface area contributed by atoms with Gasteiger partial charge in [-0.05, 0) is 23.8 Å². The molecule has 1 fully saturated rings. The molecule has 2 aromatic rings. The number of nitrogens with zero attached hydrogens (tertiary/aromatic N) is 1. The Kier molecular flexibility index (Phi) is 3.23. The molecule has 1 aliphatic rings. The average Bonchev–Trinajstić information content (AvgIpc) is 2.94. The third-order valence-electron chi connectivity index (χ3n) is 3.55. The monoisotopic (exact) mass is 243 g/mol. The standard InChI is InChI=1S/C14H17N3O/c15-17-14(13-6-3-7-18-13)12-9-16-8-10-4-1-2-5-11(10)12/h1-2,4-5,8-9,13-14,17H,3,6-7,15H2. The van der Waals surface area contributed by atoms with Gasteiger partial charge in [0.2, 0.25) is 0 Å².